The van der Waals surface area contributed by atoms with Crippen molar-refractivity contribution in [1.82, 2.24) is 10.3 Å². The molecule has 0 bridgehead atoms. The Bertz CT molecular complexity index is 933. The normalized spacial score (nSPS) is 12.2. The summed E-state index contributed by atoms with van der Waals surface area (Å²) in [6, 6.07) is 17.5. The van der Waals surface area contributed by atoms with Crippen molar-refractivity contribution in [3.63, 3.8) is 0 Å². The lowest BCUT2D eigenvalue weighted by Gasteiger charge is -2.18. The molecule has 1 atom stereocenters. The van der Waals surface area contributed by atoms with Crippen LogP contribution >= 0.6 is 11.3 Å². The predicted octanol–water partition coefficient (Wildman–Crippen LogP) is 4.51. The third kappa shape index (κ3) is 5.50. The number of nitrogens with one attached hydrogen (secondary N) is 1. The maximum absolute atomic E-state index is 12.2. The van der Waals surface area contributed by atoms with Crippen LogP contribution in [0.15, 0.2) is 60.7 Å². The quantitative estimate of drug-likeness (QED) is 0.451. The minimum Gasteiger partial charge on any atom is -0.452 e. The lowest BCUT2D eigenvalue weighted by atomic mass is 10.0. The molecule has 144 valence electrons. The van der Waals surface area contributed by atoms with E-state index in [-0.39, 0.29) is 18.6 Å². The molecule has 0 fully saturated rings. The lowest BCUT2D eigenvalue weighted by Crippen LogP contribution is -2.32. The second-order valence-corrected chi connectivity index (χ2v) is 7.34. The van der Waals surface area contributed by atoms with Crippen molar-refractivity contribution in [3.8, 4) is 0 Å². The Morgan fingerprint density at radius 2 is 1.89 bits per heavy atom. The number of amides is 1. The SMILES string of the molecule is CCC[C@@H](NC(=O)COC(=O)/C=C/c1nc2ccccc2s1)c1ccccc1. The summed E-state index contributed by atoms with van der Waals surface area (Å²) in [5.41, 5.74) is 1.93. The number of hydrogen-bond acceptors (Lipinski definition) is 5. The number of esters is 1. The van der Waals surface area contributed by atoms with E-state index < -0.39 is 5.97 Å². The molecule has 0 aliphatic carbocycles. The van der Waals surface area contributed by atoms with E-state index in [2.05, 4.69) is 17.2 Å². The van der Waals surface area contributed by atoms with Crippen molar-refractivity contribution in [3.05, 3.63) is 71.2 Å². The van der Waals surface area contributed by atoms with Gasteiger partial charge in [-0.05, 0) is 30.2 Å². The summed E-state index contributed by atoms with van der Waals surface area (Å²) >= 11 is 1.49. The van der Waals surface area contributed by atoms with Gasteiger partial charge in [0, 0.05) is 6.08 Å². The number of fused-ring (bicyclic) bond motifs is 1. The smallest absolute Gasteiger partial charge is 0.331 e. The Morgan fingerprint density at radius 3 is 2.64 bits per heavy atom. The minimum absolute atomic E-state index is 0.0873. The van der Waals surface area contributed by atoms with E-state index in [0.717, 1.165) is 33.6 Å². The summed E-state index contributed by atoms with van der Waals surface area (Å²) in [5.74, 6) is -0.884. The molecule has 0 saturated carbocycles. The van der Waals surface area contributed by atoms with Gasteiger partial charge in [0.25, 0.3) is 5.91 Å². The first-order valence-electron chi connectivity index (χ1n) is 9.20. The van der Waals surface area contributed by atoms with Gasteiger partial charge in [-0.3, -0.25) is 4.79 Å². The van der Waals surface area contributed by atoms with Crippen molar-refractivity contribution in [1.29, 1.82) is 0 Å². The molecular weight excluding hydrogens is 372 g/mol. The average Bonchev–Trinajstić information content (AvgIpc) is 3.14. The monoisotopic (exact) mass is 394 g/mol. The fourth-order valence-electron chi connectivity index (χ4n) is 2.82. The molecule has 28 heavy (non-hydrogen) atoms. The molecule has 1 aromatic heterocycles. The van der Waals surface area contributed by atoms with Crippen LogP contribution in [0.2, 0.25) is 0 Å². The molecule has 2 aromatic carbocycles. The number of aromatic nitrogens is 1. The summed E-state index contributed by atoms with van der Waals surface area (Å²) in [5, 5.41) is 3.65. The Hall–Kier alpha value is -2.99. The maximum Gasteiger partial charge on any atom is 0.331 e. The van der Waals surface area contributed by atoms with Crippen molar-refractivity contribution in [2.75, 3.05) is 6.61 Å². The zero-order valence-corrected chi connectivity index (χ0v) is 16.4. The highest BCUT2D eigenvalue weighted by molar-refractivity contribution is 7.19. The Kier molecular flexibility index (Phi) is 6.92. The zero-order valence-electron chi connectivity index (χ0n) is 15.6. The van der Waals surface area contributed by atoms with E-state index in [1.807, 2.05) is 54.6 Å². The zero-order chi connectivity index (χ0) is 19.8. The Labute approximate surface area is 168 Å². The van der Waals surface area contributed by atoms with Gasteiger partial charge >= 0.3 is 5.97 Å². The second kappa shape index (κ2) is 9.80. The first-order valence-corrected chi connectivity index (χ1v) is 10.0. The summed E-state index contributed by atoms with van der Waals surface area (Å²) < 4.78 is 6.11. The number of rotatable bonds is 8. The highest BCUT2D eigenvalue weighted by atomic mass is 32.1. The van der Waals surface area contributed by atoms with E-state index in [0.29, 0.717) is 0 Å². The molecule has 3 rings (SSSR count). The highest BCUT2D eigenvalue weighted by Crippen LogP contribution is 2.22. The standard InChI is InChI=1S/C22H22N2O3S/c1-2-8-17(16-9-4-3-5-10-16)23-20(25)15-27-22(26)14-13-21-24-18-11-6-7-12-19(18)28-21/h3-7,9-14,17H,2,8,15H2,1H3,(H,23,25)/b14-13+/t17-/m1/s1. The van der Waals surface area contributed by atoms with Crippen LogP contribution in [0, 0.1) is 0 Å². The number of carbonyl (C=O) groups is 2. The molecule has 0 saturated heterocycles. The number of nitrogens with zero attached hydrogens (tertiary/aromatic N) is 1. The van der Waals surface area contributed by atoms with Crippen molar-refractivity contribution in [2.24, 2.45) is 0 Å². The molecule has 0 aliphatic rings. The van der Waals surface area contributed by atoms with E-state index in [1.54, 1.807) is 6.08 Å². The third-order valence-corrected chi connectivity index (χ3v) is 5.13. The van der Waals surface area contributed by atoms with Gasteiger partial charge in [-0.2, -0.15) is 0 Å². The van der Waals surface area contributed by atoms with Gasteiger partial charge in [0.05, 0.1) is 16.3 Å². The largest absolute Gasteiger partial charge is 0.452 e. The van der Waals surface area contributed by atoms with Gasteiger partial charge in [-0.25, -0.2) is 9.78 Å². The molecule has 0 unspecified atom stereocenters. The number of thiazole rings is 1. The Morgan fingerprint density at radius 1 is 1.14 bits per heavy atom. The summed E-state index contributed by atoms with van der Waals surface area (Å²) in [4.78, 5) is 28.5. The fourth-order valence-corrected chi connectivity index (χ4v) is 3.69. The molecular formula is C22H22N2O3S. The van der Waals surface area contributed by atoms with Crippen LogP contribution in [0.4, 0.5) is 0 Å². The molecule has 5 nitrogen and oxygen atoms in total. The van der Waals surface area contributed by atoms with Crippen molar-refractivity contribution >= 4 is 39.5 Å². The van der Waals surface area contributed by atoms with Gasteiger partial charge < -0.3 is 10.1 Å². The summed E-state index contributed by atoms with van der Waals surface area (Å²) in [6.45, 7) is 1.75. The first kappa shape index (κ1) is 19.8. The van der Waals surface area contributed by atoms with Gasteiger partial charge in [0.15, 0.2) is 6.61 Å². The Balaban J connectivity index is 1.51. The number of hydrogen-bond donors (Lipinski definition) is 1. The van der Waals surface area contributed by atoms with Gasteiger partial charge in [0.1, 0.15) is 5.01 Å². The van der Waals surface area contributed by atoms with Gasteiger partial charge in [-0.1, -0.05) is 55.8 Å². The number of benzene rings is 2. The molecule has 3 aromatic rings. The van der Waals surface area contributed by atoms with E-state index in [1.165, 1.54) is 17.4 Å². The van der Waals surface area contributed by atoms with Crippen LogP contribution in [0.1, 0.15) is 36.4 Å². The van der Waals surface area contributed by atoms with Gasteiger partial charge in [-0.15, -0.1) is 11.3 Å². The van der Waals surface area contributed by atoms with Gasteiger partial charge in [0.2, 0.25) is 0 Å². The van der Waals surface area contributed by atoms with Crippen LogP contribution in [0.3, 0.4) is 0 Å². The van der Waals surface area contributed by atoms with Crippen LogP contribution in [-0.4, -0.2) is 23.5 Å². The molecule has 1 heterocycles. The van der Waals surface area contributed by atoms with Crippen LogP contribution in [0.5, 0.6) is 0 Å². The number of para-hydroxylation sites is 1. The van der Waals surface area contributed by atoms with Crippen molar-refractivity contribution < 1.29 is 14.3 Å². The molecule has 6 heteroatoms. The van der Waals surface area contributed by atoms with Crippen LogP contribution in [0.25, 0.3) is 16.3 Å². The molecule has 0 radical (unpaired) electrons. The maximum atomic E-state index is 12.2. The predicted molar refractivity (Wildman–Crippen MR) is 112 cm³/mol. The third-order valence-electron chi connectivity index (χ3n) is 4.13. The van der Waals surface area contributed by atoms with E-state index in [9.17, 15) is 9.59 Å². The number of ether oxygens (including phenoxy) is 1. The van der Waals surface area contributed by atoms with Crippen molar-refractivity contribution in [2.45, 2.75) is 25.8 Å². The first-order chi connectivity index (χ1) is 13.7. The summed E-state index contributed by atoms with van der Waals surface area (Å²) in [6.07, 6.45) is 4.66. The van der Waals surface area contributed by atoms with E-state index in [4.69, 9.17) is 4.74 Å². The molecule has 1 amide bonds. The number of carbonyl (C=O) groups excluding carboxylic acids is 2. The topological polar surface area (TPSA) is 68.3 Å². The van der Waals surface area contributed by atoms with Crippen LogP contribution in [-0.2, 0) is 14.3 Å². The lowest BCUT2D eigenvalue weighted by molar-refractivity contribution is -0.144. The molecule has 0 spiro atoms. The highest BCUT2D eigenvalue weighted by Gasteiger charge is 2.14. The average molecular weight is 394 g/mol. The van der Waals surface area contributed by atoms with Crippen LogP contribution < -0.4 is 5.32 Å². The minimum atomic E-state index is -0.568. The fraction of sp³-hybridized carbons (Fsp3) is 0.227. The molecule has 1 N–H and O–H groups in total. The molecule has 0 aliphatic heterocycles. The summed E-state index contributed by atoms with van der Waals surface area (Å²) in [7, 11) is 0. The second-order valence-electron chi connectivity index (χ2n) is 6.28. The van der Waals surface area contributed by atoms with E-state index >= 15 is 0 Å².